The van der Waals surface area contributed by atoms with Gasteiger partial charge in [0.2, 0.25) is 0 Å². The van der Waals surface area contributed by atoms with Crippen LogP contribution >= 0.6 is 21.0 Å². The van der Waals surface area contributed by atoms with Crippen LogP contribution in [0.15, 0.2) is 4.99 Å². The van der Waals surface area contributed by atoms with Crippen molar-refractivity contribution in [3.63, 3.8) is 0 Å². The van der Waals surface area contributed by atoms with Crippen LogP contribution in [0.1, 0.15) is 0 Å². The molecule has 0 aromatic heterocycles. The molecule has 0 saturated carbocycles. The van der Waals surface area contributed by atoms with Crippen LogP contribution < -0.4 is 3.53 Å². The maximum absolute atomic E-state index is 3.89. The summed E-state index contributed by atoms with van der Waals surface area (Å²) in [5.74, 6) is 1.15. The molecule has 0 radical (unpaired) electrons. The molecule has 1 heterocycles. The van der Waals surface area contributed by atoms with Gasteiger partial charge in [-0.25, -0.2) is 0 Å². The van der Waals surface area contributed by atoms with E-state index in [2.05, 4.69) is 13.0 Å². The fourth-order valence-electron chi connectivity index (χ4n) is 0.176. The molecule has 0 saturated heterocycles. The summed E-state index contributed by atoms with van der Waals surface area (Å²) in [6.07, 6.45) is 0. The van der Waals surface area contributed by atoms with Crippen molar-refractivity contribution < 1.29 is 0 Å². The van der Waals surface area contributed by atoms with Gasteiger partial charge < -0.3 is 3.53 Å². The highest BCUT2D eigenvalue weighted by atomic mass is 127. The Labute approximate surface area is 46.8 Å². The maximum atomic E-state index is 3.89. The maximum Gasteiger partial charge on any atom is 0.127 e. The van der Waals surface area contributed by atoms with Gasteiger partial charge in [0.05, 0.1) is 6.54 Å². The first-order chi connectivity index (χ1) is 2.93. The summed E-state index contributed by atoms with van der Waals surface area (Å²) in [4.78, 5) is 3.89. The Hall–Kier alpha value is 0.0700. The first kappa shape index (κ1) is 4.23. The molecule has 34 valence electrons. The second kappa shape index (κ2) is 1.68. The zero-order chi connectivity index (χ0) is 4.41. The average molecular weight is 196 g/mol. The van der Waals surface area contributed by atoms with Gasteiger partial charge in [0.25, 0.3) is 0 Å². The molecule has 1 aliphatic heterocycles. The molecule has 0 bridgehead atoms. The second-order valence-corrected chi connectivity index (χ2v) is 2.29. The van der Waals surface area contributed by atoms with Crippen molar-refractivity contribution in [2.24, 2.45) is 4.99 Å². The van der Waals surface area contributed by atoms with Crippen molar-refractivity contribution in [1.82, 2.24) is 3.53 Å². The van der Waals surface area contributed by atoms with Crippen molar-refractivity contribution in [2.45, 2.75) is 0 Å². The molecule has 0 spiro atoms. The molecule has 0 atom stereocenters. The predicted octanol–water partition coefficient (Wildman–Crippen LogP) is 0.306. The first-order valence-electron chi connectivity index (χ1n) is 1.60. The van der Waals surface area contributed by atoms with Crippen LogP contribution in [0.25, 0.3) is 0 Å². The lowest BCUT2D eigenvalue weighted by atomic mass is 10.8. The number of halogens is 1. The molecule has 0 aliphatic carbocycles. The molecule has 0 unspecified atom stereocenters. The standard InChI is InChI=1S/C3H5IN2/c1-4-6-3-2-5-3/h1-2H2,(H,5,6). The van der Waals surface area contributed by atoms with Gasteiger partial charge in [-0.2, -0.15) is 0 Å². The first-order valence-corrected chi connectivity index (χ1v) is 4.20. The van der Waals surface area contributed by atoms with Gasteiger partial charge in [-0.3, -0.25) is 4.99 Å². The fraction of sp³-hybridized carbons (Fsp3) is 0.333. The Bertz CT molecular complexity index is 97.0. The highest BCUT2D eigenvalue weighted by molar-refractivity contribution is 14.2. The molecule has 0 aromatic rings. The molecule has 0 amide bonds. The average Bonchev–Trinajstić information content (AvgIpc) is 2.21. The molecule has 6 heavy (non-hydrogen) atoms. The van der Waals surface area contributed by atoms with E-state index in [4.69, 9.17) is 0 Å². The van der Waals surface area contributed by atoms with Crippen LogP contribution in [0.2, 0.25) is 0 Å². The minimum atomic E-state index is -0.00116. The van der Waals surface area contributed by atoms with Crippen LogP contribution in [0.3, 0.4) is 0 Å². The number of hydrogen-bond acceptors (Lipinski definition) is 2. The van der Waals surface area contributed by atoms with Gasteiger partial charge in [0.1, 0.15) is 5.84 Å². The van der Waals surface area contributed by atoms with Gasteiger partial charge in [-0.05, 0) is 25.5 Å². The van der Waals surface area contributed by atoms with Gasteiger partial charge in [-0.1, -0.05) is 0 Å². The third-order valence-electron chi connectivity index (χ3n) is 0.492. The van der Waals surface area contributed by atoms with E-state index < -0.39 is 0 Å². The van der Waals surface area contributed by atoms with E-state index in [1.807, 2.05) is 0 Å². The molecule has 1 rings (SSSR count). The minimum absolute atomic E-state index is 0.00116. The molecule has 0 aromatic carbocycles. The number of amidine groups is 1. The van der Waals surface area contributed by atoms with Crippen molar-refractivity contribution in [1.29, 1.82) is 0 Å². The van der Waals surface area contributed by atoms with E-state index in [0.717, 1.165) is 12.4 Å². The van der Waals surface area contributed by atoms with Crippen LogP contribution in [0.4, 0.5) is 0 Å². The fourth-order valence-corrected chi connectivity index (χ4v) is 0.958. The monoisotopic (exact) mass is 196 g/mol. The van der Waals surface area contributed by atoms with E-state index in [-0.39, 0.29) is 21.0 Å². The Kier molecular flexibility index (Phi) is 1.19. The SMILES string of the molecule is C=INC1=NC1. The van der Waals surface area contributed by atoms with E-state index in [9.17, 15) is 0 Å². The molecule has 1 N–H and O–H groups in total. The number of rotatable bonds is 1. The van der Waals surface area contributed by atoms with Crippen molar-refractivity contribution in [2.75, 3.05) is 6.54 Å². The van der Waals surface area contributed by atoms with Crippen molar-refractivity contribution in [3.05, 3.63) is 0 Å². The van der Waals surface area contributed by atoms with E-state index in [1.165, 1.54) is 0 Å². The van der Waals surface area contributed by atoms with Gasteiger partial charge in [0.15, 0.2) is 0 Å². The number of hydrogen-bond donors (Lipinski definition) is 1. The van der Waals surface area contributed by atoms with Crippen LogP contribution in [0, 0.1) is 0 Å². The van der Waals surface area contributed by atoms with Crippen LogP contribution in [-0.2, 0) is 0 Å². The molecule has 3 heteroatoms. The van der Waals surface area contributed by atoms with Crippen LogP contribution in [-0.4, -0.2) is 16.9 Å². The lowest BCUT2D eigenvalue weighted by Crippen LogP contribution is -1.98. The Morgan fingerprint density at radius 1 is 2.00 bits per heavy atom. The van der Waals surface area contributed by atoms with Crippen molar-refractivity contribution in [3.8, 4) is 0 Å². The summed E-state index contributed by atoms with van der Waals surface area (Å²) in [5.41, 5.74) is 0. The lowest BCUT2D eigenvalue weighted by Gasteiger charge is -1.76. The van der Waals surface area contributed by atoms with E-state index in [0.29, 0.717) is 0 Å². The number of aliphatic imine (C=N–C) groups is 1. The normalized spacial score (nSPS) is 16.3. The zero-order valence-electron chi connectivity index (χ0n) is 3.24. The summed E-state index contributed by atoms with van der Waals surface area (Å²) < 4.78 is 6.75. The molecule has 0 fully saturated rings. The molecule has 2 nitrogen and oxygen atoms in total. The quantitative estimate of drug-likeness (QED) is 0.473. The predicted molar refractivity (Wildman–Crippen MR) is 36.6 cm³/mol. The summed E-state index contributed by atoms with van der Waals surface area (Å²) in [5, 5.41) is 0. The highest BCUT2D eigenvalue weighted by Crippen LogP contribution is 1.94. The van der Waals surface area contributed by atoms with E-state index >= 15 is 0 Å². The molecular weight excluding hydrogens is 191 g/mol. The zero-order valence-corrected chi connectivity index (χ0v) is 5.40. The Balaban J connectivity index is 2.16. The molecule has 1 aliphatic rings. The third kappa shape index (κ3) is 1.04. The summed E-state index contributed by atoms with van der Waals surface area (Å²) >= 11 is -0.00116. The highest BCUT2D eigenvalue weighted by Gasteiger charge is 2.04. The van der Waals surface area contributed by atoms with Crippen molar-refractivity contribution >= 4 is 31.4 Å². The van der Waals surface area contributed by atoms with Gasteiger partial charge >= 0.3 is 0 Å². The summed E-state index contributed by atoms with van der Waals surface area (Å²) in [6, 6.07) is 0. The number of nitrogens with zero attached hydrogens (tertiary/aromatic N) is 1. The molecular formula is C3H5IN2. The van der Waals surface area contributed by atoms with Crippen LogP contribution in [0.5, 0.6) is 0 Å². The minimum Gasteiger partial charge on any atom is -0.321 e. The third-order valence-corrected chi connectivity index (χ3v) is 1.50. The topological polar surface area (TPSA) is 24.4 Å². The Morgan fingerprint density at radius 2 is 2.67 bits per heavy atom. The lowest BCUT2D eigenvalue weighted by molar-refractivity contribution is 1.56. The van der Waals surface area contributed by atoms with Gasteiger partial charge in [0, 0.05) is 0 Å². The largest absolute Gasteiger partial charge is 0.321 e. The summed E-state index contributed by atoms with van der Waals surface area (Å²) in [6.45, 7) is 0.940. The van der Waals surface area contributed by atoms with Gasteiger partial charge in [-0.15, -0.1) is 0 Å². The van der Waals surface area contributed by atoms with E-state index in [1.54, 1.807) is 0 Å². The second-order valence-electron chi connectivity index (χ2n) is 0.991. The Morgan fingerprint density at radius 3 is 2.83 bits per heavy atom. The summed E-state index contributed by atoms with van der Waals surface area (Å²) in [7, 11) is 0. The number of nitrogens with one attached hydrogen (secondary N) is 1. The smallest absolute Gasteiger partial charge is 0.127 e.